The quantitative estimate of drug-likeness (QED) is 0.506. The SMILES string of the molecule is O=C1NC(=S)N(c2ccc(F)c(Cl)c2)C(=O)/C1=C/C=C/c1ccco1. The maximum atomic E-state index is 13.3. The lowest BCUT2D eigenvalue weighted by Gasteiger charge is -2.28. The fraction of sp³-hybridized carbons (Fsp3) is 0. The van der Waals surface area contributed by atoms with Gasteiger partial charge in [-0.05, 0) is 54.7 Å². The standard InChI is InChI=1S/C17H10ClFN2O3S/c18-13-9-10(6-7-14(13)19)21-16(23)12(15(22)20-17(21)25)5-1-3-11-4-2-8-24-11/h1-9H,(H,20,22,25)/b3-1+,12-5+. The van der Waals surface area contributed by atoms with Gasteiger partial charge >= 0.3 is 0 Å². The van der Waals surface area contributed by atoms with Crippen LogP contribution in [0.15, 0.2) is 58.7 Å². The molecule has 0 atom stereocenters. The zero-order valence-electron chi connectivity index (χ0n) is 12.5. The molecule has 2 heterocycles. The molecule has 0 radical (unpaired) electrons. The molecule has 0 unspecified atom stereocenters. The molecule has 0 spiro atoms. The molecule has 2 amide bonds. The van der Waals surface area contributed by atoms with Crippen molar-refractivity contribution >= 4 is 52.5 Å². The van der Waals surface area contributed by atoms with Gasteiger partial charge in [-0.25, -0.2) is 4.39 Å². The van der Waals surface area contributed by atoms with Crippen molar-refractivity contribution in [3.8, 4) is 0 Å². The zero-order valence-corrected chi connectivity index (χ0v) is 14.1. The second-order valence-electron chi connectivity index (χ2n) is 4.95. The van der Waals surface area contributed by atoms with Crippen LogP contribution in [0.25, 0.3) is 6.08 Å². The molecule has 1 N–H and O–H groups in total. The average molecular weight is 377 g/mol. The predicted octanol–water partition coefficient (Wildman–Crippen LogP) is 3.46. The molecule has 0 saturated carbocycles. The smallest absolute Gasteiger partial charge is 0.270 e. The fourth-order valence-electron chi connectivity index (χ4n) is 2.16. The van der Waals surface area contributed by atoms with Gasteiger partial charge in [0.15, 0.2) is 5.11 Å². The number of rotatable bonds is 3. The zero-order chi connectivity index (χ0) is 18.0. The maximum absolute atomic E-state index is 13.3. The first-order valence-electron chi connectivity index (χ1n) is 7.04. The number of nitrogens with one attached hydrogen (secondary N) is 1. The average Bonchev–Trinajstić information content (AvgIpc) is 3.07. The van der Waals surface area contributed by atoms with Gasteiger partial charge in [-0.2, -0.15) is 0 Å². The number of carbonyl (C=O) groups is 2. The number of nitrogens with zero attached hydrogens (tertiary/aromatic N) is 1. The number of halogens is 2. The summed E-state index contributed by atoms with van der Waals surface area (Å²) in [5.41, 5.74) is 0.124. The van der Waals surface area contributed by atoms with Crippen molar-refractivity contribution in [1.29, 1.82) is 0 Å². The number of benzene rings is 1. The van der Waals surface area contributed by atoms with E-state index < -0.39 is 17.6 Å². The Balaban J connectivity index is 1.92. The van der Waals surface area contributed by atoms with Crippen molar-refractivity contribution in [2.24, 2.45) is 0 Å². The van der Waals surface area contributed by atoms with Crippen molar-refractivity contribution in [3.63, 3.8) is 0 Å². The van der Waals surface area contributed by atoms with Crippen LogP contribution in [-0.2, 0) is 9.59 Å². The Bertz CT molecular complexity index is 922. The van der Waals surface area contributed by atoms with E-state index >= 15 is 0 Å². The topological polar surface area (TPSA) is 62.6 Å². The Labute approximate surface area is 152 Å². The number of hydrogen-bond donors (Lipinski definition) is 1. The van der Waals surface area contributed by atoms with E-state index in [4.69, 9.17) is 28.2 Å². The summed E-state index contributed by atoms with van der Waals surface area (Å²) in [6.07, 6.45) is 5.96. The second kappa shape index (κ2) is 7.00. The summed E-state index contributed by atoms with van der Waals surface area (Å²) in [4.78, 5) is 25.8. The van der Waals surface area contributed by atoms with Crippen LogP contribution in [0.3, 0.4) is 0 Å². The highest BCUT2D eigenvalue weighted by atomic mass is 35.5. The Morgan fingerprint density at radius 2 is 2.08 bits per heavy atom. The molecule has 5 nitrogen and oxygen atoms in total. The Hall–Kier alpha value is -2.77. The van der Waals surface area contributed by atoms with Crippen LogP contribution >= 0.6 is 23.8 Å². The van der Waals surface area contributed by atoms with Crippen LogP contribution in [-0.4, -0.2) is 16.9 Å². The number of furan rings is 1. The minimum absolute atomic E-state index is 0.107. The lowest BCUT2D eigenvalue weighted by molar-refractivity contribution is -0.122. The molecule has 0 bridgehead atoms. The van der Waals surface area contributed by atoms with Crippen molar-refractivity contribution in [3.05, 3.63) is 70.9 Å². The molecule has 1 aromatic carbocycles. The number of thiocarbonyl (C=S) groups is 1. The molecular weight excluding hydrogens is 367 g/mol. The Morgan fingerprint density at radius 3 is 2.76 bits per heavy atom. The molecule has 1 aliphatic rings. The van der Waals surface area contributed by atoms with Crippen LogP contribution in [0.5, 0.6) is 0 Å². The summed E-state index contributed by atoms with van der Waals surface area (Å²) in [5.74, 6) is -1.32. The summed E-state index contributed by atoms with van der Waals surface area (Å²) >= 11 is 10.8. The van der Waals surface area contributed by atoms with E-state index in [1.54, 1.807) is 18.2 Å². The van der Waals surface area contributed by atoms with E-state index in [1.165, 1.54) is 30.5 Å². The second-order valence-corrected chi connectivity index (χ2v) is 5.75. The third-order valence-electron chi connectivity index (χ3n) is 3.33. The lowest BCUT2D eigenvalue weighted by atomic mass is 10.1. The molecule has 25 heavy (non-hydrogen) atoms. The van der Waals surface area contributed by atoms with Crippen molar-refractivity contribution in [1.82, 2.24) is 5.32 Å². The summed E-state index contributed by atoms with van der Waals surface area (Å²) in [5, 5.41) is 2.16. The largest absolute Gasteiger partial charge is 0.465 e. The van der Waals surface area contributed by atoms with Gasteiger partial charge in [-0.1, -0.05) is 17.7 Å². The lowest BCUT2D eigenvalue weighted by Crippen LogP contribution is -2.54. The van der Waals surface area contributed by atoms with Crippen LogP contribution in [0.4, 0.5) is 10.1 Å². The number of amides is 2. The normalized spacial score (nSPS) is 16.8. The van der Waals surface area contributed by atoms with Gasteiger partial charge in [-0.3, -0.25) is 19.8 Å². The van der Waals surface area contributed by atoms with Gasteiger partial charge in [0, 0.05) is 0 Å². The number of allylic oxidation sites excluding steroid dienone is 2. The molecule has 8 heteroatoms. The van der Waals surface area contributed by atoms with Crippen molar-refractivity contribution in [2.75, 3.05) is 4.90 Å². The number of carbonyl (C=O) groups excluding carboxylic acids is 2. The van der Waals surface area contributed by atoms with Gasteiger partial charge in [0.25, 0.3) is 11.8 Å². The van der Waals surface area contributed by atoms with E-state index in [1.807, 2.05) is 0 Å². The first kappa shape index (κ1) is 17.1. The molecule has 1 aromatic heterocycles. The van der Waals surface area contributed by atoms with E-state index in [9.17, 15) is 14.0 Å². The molecule has 0 aliphatic carbocycles. The van der Waals surface area contributed by atoms with Gasteiger partial charge in [-0.15, -0.1) is 0 Å². The van der Waals surface area contributed by atoms with Crippen molar-refractivity contribution in [2.45, 2.75) is 0 Å². The minimum atomic E-state index is -0.638. The van der Waals surface area contributed by atoms with E-state index in [0.29, 0.717) is 5.76 Å². The van der Waals surface area contributed by atoms with Crippen LogP contribution in [0.2, 0.25) is 5.02 Å². The molecule has 1 aliphatic heterocycles. The molecule has 3 rings (SSSR count). The number of hydrogen-bond acceptors (Lipinski definition) is 4. The molecule has 2 aromatic rings. The van der Waals surface area contributed by atoms with E-state index in [-0.39, 0.29) is 21.4 Å². The van der Waals surface area contributed by atoms with Crippen LogP contribution in [0, 0.1) is 5.82 Å². The summed E-state index contributed by atoms with van der Waals surface area (Å²) in [6, 6.07) is 7.15. The number of anilines is 1. The van der Waals surface area contributed by atoms with Gasteiger partial charge in [0.05, 0.1) is 17.0 Å². The Kier molecular flexibility index (Phi) is 4.78. The van der Waals surface area contributed by atoms with Gasteiger partial charge in [0.2, 0.25) is 0 Å². The summed E-state index contributed by atoms with van der Waals surface area (Å²) < 4.78 is 18.5. The predicted molar refractivity (Wildman–Crippen MR) is 95.5 cm³/mol. The van der Waals surface area contributed by atoms with Crippen LogP contribution < -0.4 is 10.2 Å². The third-order valence-corrected chi connectivity index (χ3v) is 3.90. The summed E-state index contributed by atoms with van der Waals surface area (Å²) in [6.45, 7) is 0. The summed E-state index contributed by atoms with van der Waals surface area (Å²) in [7, 11) is 0. The van der Waals surface area contributed by atoms with E-state index in [2.05, 4.69) is 5.32 Å². The van der Waals surface area contributed by atoms with Crippen molar-refractivity contribution < 1.29 is 18.4 Å². The first-order chi connectivity index (χ1) is 12.0. The fourth-order valence-corrected chi connectivity index (χ4v) is 2.62. The van der Waals surface area contributed by atoms with Gasteiger partial charge < -0.3 is 4.42 Å². The third kappa shape index (κ3) is 3.52. The van der Waals surface area contributed by atoms with E-state index in [0.717, 1.165) is 11.0 Å². The maximum Gasteiger partial charge on any atom is 0.270 e. The van der Waals surface area contributed by atoms with Gasteiger partial charge in [0.1, 0.15) is 17.2 Å². The first-order valence-corrected chi connectivity index (χ1v) is 7.82. The molecule has 126 valence electrons. The molecule has 1 saturated heterocycles. The molecule has 1 fully saturated rings. The Morgan fingerprint density at radius 1 is 1.28 bits per heavy atom. The molecular formula is C17H10ClFN2O3S. The monoisotopic (exact) mass is 376 g/mol. The minimum Gasteiger partial charge on any atom is -0.465 e. The highest BCUT2D eigenvalue weighted by molar-refractivity contribution is 7.80. The highest BCUT2D eigenvalue weighted by Crippen LogP contribution is 2.25. The highest BCUT2D eigenvalue weighted by Gasteiger charge is 2.34. The van der Waals surface area contributed by atoms with Crippen LogP contribution in [0.1, 0.15) is 5.76 Å².